The Labute approximate surface area is 194 Å². The summed E-state index contributed by atoms with van der Waals surface area (Å²) in [5.74, 6) is -1.80. The first-order valence-electron chi connectivity index (χ1n) is 11.0. The predicted octanol–water partition coefficient (Wildman–Crippen LogP) is 4.79. The van der Waals surface area contributed by atoms with E-state index < -0.39 is 5.97 Å². The number of halogens is 2. The Kier molecular flexibility index (Phi) is 5.61. The molecule has 0 atom stereocenters. The monoisotopic (exact) mass is 460 g/mol. The summed E-state index contributed by atoms with van der Waals surface area (Å²) in [6.07, 6.45) is 0.739. The lowest BCUT2D eigenvalue weighted by Crippen LogP contribution is -2.37. The highest BCUT2D eigenvalue weighted by Gasteiger charge is 2.28. The number of carboxylic acid groups (broad SMARTS) is 1. The third-order valence-electron chi connectivity index (χ3n) is 6.37. The molecule has 1 aromatic heterocycles. The minimum Gasteiger partial charge on any atom is -0.478 e. The molecule has 5 rings (SSSR count). The van der Waals surface area contributed by atoms with Gasteiger partial charge in [-0.15, -0.1) is 0 Å². The second-order valence-corrected chi connectivity index (χ2v) is 8.52. The lowest BCUT2D eigenvalue weighted by Gasteiger charge is -2.29. The van der Waals surface area contributed by atoms with Crippen LogP contribution >= 0.6 is 0 Å². The van der Waals surface area contributed by atoms with Gasteiger partial charge in [-0.1, -0.05) is 36.4 Å². The molecule has 0 spiro atoms. The predicted molar refractivity (Wildman–Crippen MR) is 124 cm³/mol. The Morgan fingerprint density at radius 3 is 2.44 bits per heavy atom. The van der Waals surface area contributed by atoms with Gasteiger partial charge in [-0.2, -0.15) is 0 Å². The molecule has 3 aromatic carbocycles. The van der Waals surface area contributed by atoms with Crippen molar-refractivity contribution in [1.82, 2.24) is 9.47 Å². The Morgan fingerprint density at radius 1 is 0.941 bits per heavy atom. The van der Waals surface area contributed by atoms with E-state index >= 15 is 0 Å². The van der Waals surface area contributed by atoms with Crippen LogP contribution in [0.2, 0.25) is 0 Å². The molecule has 0 fully saturated rings. The molecule has 2 heterocycles. The van der Waals surface area contributed by atoms with Gasteiger partial charge in [-0.3, -0.25) is 4.79 Å². The minimum absolute atomic E-state index is 0.0863. The van der Waals surface area contributed by atoms with Crippen LogP contribution in [0.15, 0.2) is 66.7 Å². The molecule has 0 saturated heterocycles. The van der Waals surface area contributed by atoms with Crippen LogP contribution in [-0.4, -0.2) is 33.0 Å². The van der Waals surface area contributed by atoms with Gasteiger partial charge in [-0.05, 0) is 53.4 Å². The molecule has 1 amide bonds. The molecular weight excluding hydrogens is 438 g/mol. The smallest absolute Gasteiger partial charge is 0.335 e. The number of amides is 1. The topological polar surface area (TPSA) is 62.5 Å². The number of hydrogen-bond acceptors (Lipinski definition) is 2. The van der Waals surface area contributed by atoms with E-state index in [0.717, 1.165) is 22.2 Å². The number of aromatic carboxylic acids is 1. The van der Waals surface area contributed by atoms with Gasteiger partial charge >= 0.3 is 5.97 Å². The maximum atomic E-state index is 14.9. The number of aromatic nitrogens is 1. The summed E-state index contributed by atoms with van der Waals surface area (Å²) in [6.45, 7) is 1.13. The average Bonchev–Trinajstić information content (AvgIpc) is 3.13. The van der Waals surface area contributed by atoms with Crippen LogP contribution in [-0.2, 0) is 30.7 Å². The molecule has 1 aliphatic rings. The van der Waals surface area contributed by atoms with Crippen molar-refractivity contribution in [3.63, 3.8) is 0 Å². The molecule has 0 radical (unpaired) electrons. The third-order valence-corrected chi connectivity index (χ3v) is 6.37. The van der Waals surface area contributed by atoms with Crippen LogP contribution in [0.4, 0.5) is 8.78 Å². The van der Waals surface area contributed by atoms with Crippen molar-refractivity contribution < 1.29 is 23.5 Å². The zero-order valence-corrected chi connectivity index (χ0v) is 18.3. The zero-order valence-electron chi connectivity index (χ0n) is 18.3. The fourth-order valence-electron chi connectivity index (χ4n) is 4.71. The summed E-state index contributed by atoms with van der Waals surface area (Å²) >= 11 is 0. The van der Waals surface area contributed by atoms with Crippen molar-refractivity contribution in [2.45, 2.75) is 25.9 Å². The van der Waals surface area contributed by atoms with Gasteiger partial charge in [0.2, 0.25) is 5.91 Å². The first kappa shape index (κ1) is 21.8. The quantitative estimate of drug-likeness (QED) is 0.466. The average molecular weight is 460 g/mol. The largest absolute Gasteiger partial charge is 0.478 e. The lowest BCUT2D eigenvalue weighted by atomic mass is 10.0. The fraction of sp³-hybridized carbons (Fsp3) is 0.185. The van der Waals surface area contributed by atoms with Gasteiger partial charge < -0.3 is 14.6 Å². The number of hydrogen-bond donors (Lipinski definition) is 1. The van der Waals surface area contributed by atoms with Crippen molar-refractivity contribution in [3.05, 3.63) is 106 Å². The highest BCUT2D eigenvalue weighted by atomic mass is 19.1. The molecule has 0 unspecified atom stereocenters. The number of carbonyl (C=O) groups excluding carboxylic acids is 1. The van der Waals surface area contributed by atoms with Crippen molar-refractivity contribution in [1.29, 1.82) is 0 Å². The number of fused-ring (bicyclic) bond motifs is 3. The molecule has 5 nitrogen and oxygen atoms in total. The number of benzene rings is 3. The first-order valence-corrected chi connectivity index (χ1v) is 11.0. The second-order valence-electron chi connectivity index (χ2n) is 8.52. The van der Waals surface area contributed by atoms with Crippen molar-refractivity contribution in [2.24, 2.45) is 0 Å². The molecule has 172 valence electrons. The SMILES string of the molecule is O=C(O)c1ccc(CC(=O)N2CCc3c(n(Cc4cccc(F)c4)c4c(F)cccc34)C2)cc1. The Hall–Kier alpha value is -4.00. The molecule has 34 heavy (non-hydrogen) atoms. The summed E-state index contributed by atoms with van der Waals surface area (Å²) in [7, 11) is 0. The summed E-state index contributed by atoms with van der Waals surface area (Å²) in [5.41, 5.74) is 3.95. The zero-order chi connectivity index (χ0) is 23.8. The van der Waals surface area contributed by atoms with Gasteiger partial charge in [-0.25, -0.2) is 13.6 Å². The van der Waals surface area contributed by atoms with Gasteiger partial charge in [0.25, 0.3) is 0 Å². The molecule has 0 saturated carbocycles. The Morgan fingerprint density at radius 2 is 1.71 bits per heavy atom. The molecule has 1 N–H and O–H groups in total. The van der Waals surface area contributed by atoms with Crippen LogP contribution in [0.5, 0.6) is 0 Å². The summed E-state index contributed by atoms with van der Waals surface area (Å²) in [6, 6.07) is 17.5. The van der Waals surface area contributed by atoms with Crippen LogP contribution in [0.25, 0.3) is 10.9 Å². The molecule has 0 bridgehead atoms. The number of carboxylic acids is 1. The number of para-hydroxylation sites is 1. The second kappa shape index (κ2) is 8.74. The summed E-state index contributed by atoms with van der Waals surface area (Å²) in [4.78, 5) is 25.9. The van der Waals surface area contributed by atoms with Crippen molar-refractivity contribution in [2.75, 3.05) is 6.54 Å². The molecule has 1 aliphatic heterocycles. The minimum atomic E-state index is -1.01. The summed E-state index contributed by atoms with van der Waals surface area (Å²) < 4.78 is 30.6. The van der Waals surface area contributed by atoms with E-state index in [1.165, 1.54) is 30.3 Å². The molecule has 0 aliphatic carbocycles. The molecule has 4 aromatic rings. The fourth-order valence-corrected chi connectivity index (χ4v) is 4.71. The highest BCUT2D eigenvalue weighted by molar-refractivity contribution is 5.88. The van der Waals surface area contributed by atoms with E-state index in [0.29, 0.717) is 37.1 Å². The van der Waals surface area contributed by atoms with E-state index in [1.807, 2.05) is 10.6 Å². The van der Waals surface area contributed by atoms with Crippen molar-refractivity contribution >= 4 is 22.8 Å². The third kappa shape index (κ3) is 4.05. The summed E-state index contributed by atoms with van der Waals surface area (Å²) in [5, 5.41) is 9.88. The van der Waals surface area contributed by atoms with E-state index in [9.17, 15) is 18.4 Å². The van der Waals surface area contributed by atoms with E-state index in [4.69, 9.17) is 5.11 Å². The van der Waals surface area contributed by atoms with Gasteiger partial charge in [0.15, 0.2) is 0 Å². The van der Waals surface area contributed by atoms with E-state index in [-0.39, 0.29) is 29.5 Å². The van der Waals surface area contributed by atoms with Crippen LogP contribution < -0.4 is 0 Å². The maximum Gasteiger partial charge on any atom is 0.335 e. The number of rotatable bonds is 5. The standard InChI is InChI=1S/C27H22F2N2O3/c28-20-4-1-3-18(13-20)15-31-24-16-30(12-11-21(24)22-5-2-6-23(29)26(22)31)25(32)14-17-7-9-19(10-8-17)27(33)34/h1-10,13H,11-12,14-16H2,(H,33,34). The van der Waals surface area contributed by atoms with Gasteiger partial charge in [0.05, 0.1) is 24.0 Å². The highest BCUT2D eigenvalue weighted by Crippen LogP contribution is 2.33. The molecular formula is C27H22F2N2O3. The van der Waals surface area contributed by atoms with Gasteiger partial charge in [0.1, 0.15) is 11.6 Å². The maximum absolute atomic E-state index is 14.9. The van der Waals surface area contributed by atoms with Crippen LogP contribution in [0.3, 0.4) is 0 Å². The Balaban J connectivity index is 1.46. The Bertz CT molecular complexity index is 1410. The number of carbonyl (C=O) groups is 2. The van der Waals surface area contributed by atoms with Crippen LogP contribution in [0.1, 0.15) is 32.7 Å². The van der Waals surface area contributed by atoms with Gasteiger partial charge in [0, 0.05) is 24.2 Å². The van der Waals surface area contributed by atoms with E-state index in [1.54, 1.807) is 35.2 Å². The van der Waals surface area contributed by atoms with Crippen LogP contribution in [0, 0.1) is 11.6 Å². The normalized spacial score (nSPS) is 13.2. The lowest BCUT2D eigenvalue weighted by molar-refractivity contribution is -0.131. The van der Waals surface area contributed by atoms with Crippen molar-refractivity contribution in [3.8, 4) is 0 Å². The number of nitrogens with zero attached hydrogens (tertiary/aromatic N) is 2. The van der Waals surface area contributed by atoms with E-state index in [2.05, 4.69) is 0 Å². The molecule has 7 heteroatoms. The first-order chi connectivity index (χ1) is 16.4.